The van der Waals surface area contributed by atoms with Crippen LogP contribution in [0.15, 0.2) is 22.7 Å². The third-order valence-corrected chi connectivity index (χ3v) is 3.86. The molecule has 0 unspecified atom stereocenters. The van der Waals surface area contributed by atoms with E-state index in [0.717, 1.165) is 10.2 Å². The van der Waals surface area contributed by atoms with Crippen molar-refractivity contribution in [2.45, 2.75) is 25.3 Å². The van der Waals surface area contributed by atoms with Crippen LogP contribution in [0, 0.1) is 0 Å². The maximum absolute atomic E-state index is 11.7. The van der Waals surface area contributed by atoms with Crippen LogP contribution in [0.4, 0.5) is 5.69 Å². The molecule has 0 aromatic heterocycles. The molecule has 17 heavy (non-hydrogen) atoms. The first-order valence-corrected chi connectivity index (χ1v) is 6.53. The summed E-state index contributed by atoms with van der Waals surface area (Å²) in [5.74, 6) is -0.279. The maximum Gasteiger partial charge on any atom is 0.339 e. The van der Waals surface area contributed by atoms with Crippen LogP contribution in [0.3, 0.4) is 0 Å². The molecule has 1 aromatic carbocycles. The van der Waals surface area contributed by atoms with E-state index < -0.39 is 0 Å². The van der Waals surface area contributed by atoms with Crippen molar-refractivity contribution in [2.75, 3.05) is 19.1 Å². The van der Waals surface area contributed by atoms with Gasteiger partial charge in [-0.05, 0) is 37.5 Å². The fourth-order valence-electron chi connectivity index (χ4n) is 2.05. The molecule has 1 aliphatic rings. The minimum absolute atomic E-state index is 0.279. The quantitative estimate of drug-likeness (QED) is 0.802. The van der Waals surface area contributed by atoms with E-state index in [4.69, 9.17) is 4.74 Å². The second-order valence-electron chi connectivity index (χ2n) is 4.35. The van der Waals surface area contributed by atoms with Crippen molar-refractivity contribution < 1.29 is 9.53 Å². The molecule has 1 fully saturated rings. The van der Waals surface area contributed by atoms with Crippen LogP contribution in [0.1, 0.15) is 29.6 Å². The molecule has 0 N–H and O–H groups in total. The Hall–Kier alpha value is -1.03. The Labute approximate surface area is 110 Å². The molecule has 0 atom stereocenters. The lowest BCUT2D eigenvalue weighted by molar-refractivity contribution is 0.0601. The first kappa shape index (κ1) is 12.4. The molecule has 0 aliphatic heterocycles. The molecule has 1 saturated carbocycles. The van der Waals surface area contributed by atoms with Crippen LogP contribution in [-0.4, -0.2) is 26.2 Å². The second kappa shape index (κ2) is 5.08. The van der Waals surface area contributed by atoms with Crippen LogP contribution in [0.25, 0.3) is 0 Å². The topological polar surface area (TPSA) is 29.5 Å². The van der Waals surface area contributed by atoms with E-state index >= 15 is 0 Å². The highest BCUT2D eigenvalue weighted by molar-refractivity contribution is 9.10. The number of methoxy groups -OCH3 is 1. The number of ether oxygens (including phenoxy) is 1. The van der Waals surface area contributed by atoms with Crippen molar-refractivity contribution in [1.29, 1.82) is 0 Å². The number of benzene rings is 1. The third-order valence-electron chi connectivity index (χ3n) is 3.37. The maximum atomic E-state index is 11.7. The first-order chi connectivity index (χ1) is 8.13. The SMILES string of the molecule is COC(=O)c1ccc(Br)cc1N(C)C1CCC1. The molecule has 92 valence electrons. The summed E-state index contributed by atoms with van der Waals surface area (Å²) in [6.45, 7) is 0. The summed E-state index contributed by atoms with van der Waals surface area (Å²) in [5, 5.41) is 0. The number of rotatable bonds is 3. The molecule has 1 aromatic rings. The van der Waals surface area contributed by atoms with Crippen molar-refractivity contribution in [1.82, 2.24) is 0 Å². The highest BCUT2D eigenvalue weighted by Gasteiger charge is 2.25. The Balaban J connectivity index is 2.35. The van der Waals surface area contributed by atoms with E-state index in [1.807, 2.05) is 19.2 Å². The summed E-state index contributed by atoms with van der Waals surface area (Å²) in [5.41, 5.74) is 1.57. The minimum Gasteiger partial charge on any atom is -0.465 e. The molecular formula is C13H16BrNO2. The van der Waals surface area contributed by atoms with Gasteiger partial charge in [-0.15, -0.1) is 0 Å². The predicted octanol–water partition coefficient (Wildman–Crippen LogP) is 3.22. The standard InChI is InChI=1S/C13H16BrNO2/c1-15(10-4-3-5-10)12-8-9(14)6-7-11(12)13(16)17-2/h6-8,10H,3-5H2,1-2H3. The molecule has 0 heterocycles. The number of anilines is 1. The van der Waals surface area contributed by atoms with Crippen LogP contribution in [-0.2, 0) is 4.74 Å². The van der Waals surface area contributed by atoms with E-state index in [9.17, 15) is 4.79 Å². The molecule has 2 rings (SSSR count). The lowest BCUT2D eigenvalue weighted by Gasteiger charge is -2.37. The zero-order chi connectivity index (χ0) is 12.4. The molecule has 0 radical (unpaired) electrons. The minimum atomic E-state index is -0.279. The van der Waals surface area contributed by atoms with Crippen LogP contribution in [0.2, 0.25) is 0 Å². The lowest BCUT2D eigenvalue weighted by Crippen LogP contribution is -2.38. The van der Waals surface area contributed by atoms with Crippen LogP contribution < -0.4 is 4.90 Å². The van der Waals surface area contributed by atoms with Gasteiger partial charge in [0, 0.05) is 17.6 Å². The van der Waals surface area contributed by atoms with Gasteiger partial charge in [-0.25, -0.2) is 4.79 Å². The number of carbonyl (C=O) groups excluding carboxylic acids is 1. The van der Waals surface area contributed by atoms with Gasteiger partial charge < -0.3 is 9.64 Å². The van der Waals surface area contributed by atoms with Crippen molar-refractivity contribution in [3.63, 3.8) is 0 Å². The summed E-state index contributed by atoms with van der Waals surface area (Å²) in [4.78, 5) is 13.9. The third kappa shape index (κ3) is 2.46. The van der Waals surface area contributed by atoms with Gasteiger partial charge in [-0.2, -0.15) is 0 Å². The van der Waals surface area contributed by atoms with Gasteiger partial charge in [-0.3, -0.25) is 0 Å². The van der Waals surface area contributed by atoms with Gasteiger partial charge in [0.15, 0.2) is 0 Å². The Kier molecular flexibility index (Phi) is 3.72. The Morgan fingerprint density at radius 1 is 1.47 bits per heavy atom. The lowest BCUT2D eigenvalue weighted by atomic mass is 9.91. The number of hydrogen-bond donors (Lipinski definition) is 0. The molecule has 0 spiro atoms. The monoisotopic (exact) mass is 297 g/mol. The van der Waals surface area contributed by atoms with Gasteiger partial charge in [-0.1, -0.05) is 15.9 Å². The van der Waals surface area contributed by atoms with Gasteiger partial charge >= 0.3 is 5.97 Å². The number of nitrogens with zero attached hydrogens (tertiary/aromatic N) is 1. The van der Waals surface area contributed by atoms with E-state index in [2.05, 4.69) is 20.8 Å². The number of esters is 1. The summed E-state index contributed by atoms with van der Waals surface area (Å²) in [6.07, 6.45) is 3.67. The van der Waals surface area contributed by atoms with Crippen LogP contribution in [0.5, 0.6) is 0 Å². The fraction of sp³-hybridized carbons (Fsp3) is 0.462. The second-order valence-corrected chi connectivity index (χ2v) is 5.26. The van der Waals surface area contributed by atoms with Gasteiger partial charge in [0.1, 0.15) is 0 Å². The average molecular weight is 298 g/mol. The smallest absolute Gasteiger partial charge is 0.339 e. The van der Waals surface area contributed by atoms with E-state index in [1.54, 1.807) is 6.07 Å². The van der Waals surface area contributed by atoms with Gasteiger partial charge in [0.05, 0.1) is 18.4 Å². The molecule has 4 heteroatoms. The van der Waals surface area contributed by atoms with E-state index in [1.165, 1.54) is 26.4 Å². The molecule has 0 saturated heterocycles. The number of halogens is 1. The first-order valence-electron chi connectivity index (χ1n) is 5.74. The van der Waals surface area contributed by atoms with Crippen LogP contribution >= 0.6 is 15.9 Å². The summed E-state index contributed by atoms with van der Waals surface area (Å²) >= 11 is 3.45. The number of carbonyl (C=O) groups is 1. The molecule has 0 bridgehead atoms. The van der Waals surface area contributed by atoms with E-state index in [-0.39, 0.29) is 5.97 Å². The summed E-state index contributed by atoms with van der Waals surface area (Å²) < 4.78 is 5.80. The van der Waals surface area contributed by atoms with Crippen molar-refractivity contribution in [2.24, 2.45) is 0 Å². The Morgan fingerprint density at radius 2 is 2.18 bits per heavy atom. The van der Waals surface area contributed by atoms with Gasteiger partial charge in [0.2, 0.25) is 0 Å². The fourth-order valence-corrected chi connectivity index (χ4v) is 2.40. The Bertz CT molecular complexity index is 429. The number of hydrogen-bond acceptors (Lipinski definition) is 3. The Morgan fingerprint density at radius 3 is 2.71 bits per heavy atom. The summed E-state index contributed by atoms with van der Waals surface area (Å²) in [6, 6.07) is 6.20. The molecular weight excluding hydrogens is 282 g/mol. The van der Waals surface area contributed by atoms with Crippen molar-refractivity contribution in [3.05, 3.63) is 28.2 Å². The summed E-state index contributed by atoms with van der Waals surface area (Å²) in [7, 11) is 3.45. The zero-order valence-corrected chi connectivity index (χ0v) is 11.7. The largest absolute Gasteiger partial charge is 0.465 e. The van der Waals surface area contributed by atoms with Crippen molar-refractivity contribution >= 4 is 27.6 Å². The van der Waals surface area contributed by atoms with Gasteiger partial charge in [0.25, 0.3) is 0 Å². The molecule has 1 aliphatic carbocycles. The predicted molar refractivity (Wildman–Crippen MR) is 71.5 cm³/mol. The normalized spacial score (nSPS) is 15.2. The highest BCUT2D eigenvalue weighted by Crippen LogP contribution is 2.32. The van der Waals surface area contributed by atoms with Crippen molar-refractivity contribution in [3.8, 4) is 0 Å². The molecule has 3 nitrogen and oxygen atoms in total. The molecule has 0 amide bonds. The highest BCUT2D eigenvalue weighted by atomic mass is 79.9. The zero-order valence-electron chi connectivity index (χ0n) is 10.1. The van der Waals surface area contributed by atoms with E-state index in [0.29, 0.717) is 11.6 Å². The average Bonchev–Trinajstić information content (AvgIpc) is 2.25.